The Balaban J connectivity index is 1.83. The van der Waals surface area contributed by atoms with Gasteiger partial charge in [0.25, 0.3) is 0 Å². The molecule has 1 aliphatic heterocycles. The fourth-order valence-corrected chi connectivity index (χ4v) is 2.37. The van der Waals surface area contributed by atoms with Gasteiger partial charge in [-0.3, -0.25) is 0 Å². The topological polar surface area (TPSA) is 33.7 Å². The highest BCUT2D eigenvalue weighted by Crippen LogP contribution is 2.24. The van der Waals surface area contributed by atoms with Crippen molar-refractivity contribution >= 4 is 0 Å². The number of morpholine rings is 1. The number of ether oxygens (including phenoxy) is 2. The fourth-order valence-electron chi connectivity index (χ4n) is 2.37. The van der Waals surface area contributed by atoms with Crippen LogP contribution in [0.25, 0.3) is 0 Å². The molecule has 22 heavy (non-hydrogen) atoms. The van der Waals surface area contributed by atoms with Crippen molar-refractivity contribution in [1.29, 1.82) is 0 Å². The van der Waals surface area contributed by atoms with Crippen molar-refractivity contribution in [3.63, 3.8) is 0 Å². The van der Waals surface area contributed by atoms with Crippen LogP contribution in [0.3, 0.4) is 0 Å². The zero-order valence-corrected chi connectivity index (χ0v) is 12.7. The molecule has 2 rings (SSSR count). The number of hydrogen-bond donors (Lipinski definition) is 1. The van der Waals surface area contributed by atoms with E-state index in [0.717, 1.165) is 25.3 Å². The predicted molar refractivity (Wildman–Crippen MR) is 76.8 cm³/mol. The second kappa shape index (κ2) is 7.30. The lowest BCUT2D eigenvalue weighted by atomic mass is 10.1. The number of rotatable bonds is 5. The summed E-state index contributed by atoms with van der Waals surface area (Å²) in [4.78, 5) is 2.21. The van der Waals surface area contributed by atoms with Gasteiger partial charge in [0.1, 0.15) is 5.75 Å². The first-order chi connectivity index (χ1) is 10.3. The number of nitrogens with zero attached hydrogens (tertiary/aromatic N) is 1. The second-order valence-corrected chi connectivity index (χ2v) is 5.50. The van der Waals surface area contributed by atoms with Crippen LogP contribution in [0, 0.1) is 0 Å². The van der Waals surface area contributed by atoms with E-state index in [-0.39, 0.29) is 17.9 Å². The van der Waals surface area contributed by atoms with E-state index in [9.17, 15) is 13.2 Å². The predicted octanol–water partition coefficient (Wildman–Crippen LogP) is 2.57. The summed E-state index contributed by atoms with van der Waals surface area (Å²) in [5, 5.41) is 3.34. The van der Waals surface area contributed by atoms with Crippen molar-refractivity contribution in [2.24, 2.45) is 0 Å². The maximum Gasteiger partial charge on any atom is 0.573 e. The Morgan fingerprint density at radius 3 is 2.64 bits per heavy atom. The van der Waals surface area contributed by atoms with Crippen molar-refractivity contribution in [3.8, 4) is 5.75 Å². The van der Waals surface area contributed by atoms with Crippen molar-refractivity contribution in [3.05, 3.63) is 29.8 Å². The molecule has 124 valence electrons. The summed E-state index contributed by atoms with van der Waals surface area (Å²) in [7, 11) is 2.05. The molecule has 7 heteroatoms. The molecule has 0 unspecified atom stereocenters. The maximum absolute atomic E-state index is 12.1. The zero-order chi connectivity index (χ0) is 16.2. The summed E-state index contributed by atoms with van der Waals surface area (Å²) in [5.74, 6) is -0.208. The average molecular weight is 318 g/mol. The Hall–Kier alpha value is -1.31. The Labute approximate surface area is 128 Å². The van der Waals surface area contributed by atoms with Crippen LogP contribution in [0.15, 0.2) is 24.3 Å². The molecular formula is C15H21F3N2O2. The summed E-state index contributed by atoms with van der Waals surface area (Å²) in [5.41, 5.74) is 0.902. The average Bonchev–Trinajstić information content (AvgIpc) is 2.44. The van der Waals surface area contributed by atoms with Crippen LogP contribution >= 0.6 is 0 Å². The molecule has 0 spiro atoms. The lowest BCUT2D eigenvalue weighted by Gasteiger charge is -2.31. The molecule has 4 nitrogen and oxygen atoms in total. The van der Waals surface area contributed by atoms with Crippen molar-refractivity contribution in [1.82, 2.24) is 10.2 Å². The van der Waals surface area contributed by atoms with Crippen molar-refractivity contribution in [2.45, 2.75) is 25.4 Å². The largest absolute Gasteiger partial charge is 0.573 e. The van der Waals surface area contributed by atoms with Gasteiger partial charge in [-0.15, -0.1) is 13.2 Å². The van der Waals surface area contributed by atoms with E-state index in [1.165, 1.54) is 12.1 Å². The van der Waals surface area contributed by atoms with E-state index < -0.39 is 6.36 Å². The first-order valence-corrected chi connectivity index (χ1v) is 7.23. The summed E-state index contributed by atoms with van der Waals surface area (Å²) in [6.45, 7) is 5.20. The Morgan fingerprint density at radius 1 is 1.36 bits per heavy atom. The third kappa shape index (κ3) is 5.47. The molecule has 0 aromatic heterocycles. The number of hydrogen-bond acceptors (Lipinski definition) is 4. The number of halogens is 3. The van der Waals surface area contributed by atoms with E-state index in [2.05, 4.69) is 22.0 Å². The quantitative estimate of drug-likeness (QED) is 0.905. The molecular weight excluding hydrogens is 297 g/mol. The summed E-state index contributed by atoms with van der Waals surface area (Å²) in [6.07, 6.45) is -4.52. The van der Waals surface area contributed by atoms with Gasteiger partial charge in [0.05, 0.1) is 12.7 Å². The van der Waals surface area contributed by atoms with Crippen LogP contribution in [-0.4, -0.2) is 50.7 Å². The van der Waals surface area contributed by atoms with Crippen LogP contribution in [0.5, 0.6) is 5.75 Å². The molecule has 0 amide bonds. The number of likely N-dealkylation sites (N-methyl/N-ethyl adjacent to an activating group) is 1. The molecule has 0 saturated carbocycles. The van der Waals surface area contributed by atoms with E-state index >= 15 is 0 Å². The summed E-state index contributed by atoms with van der Waals surface area (Å²) < 4.78 is 45.8. The molecule has 2 atom stereocenters. The minimum Gasteiger partial charge on any atom is -0.406 e. The number of alkyl halides is 3. The molecule has 0 aliphatic carbocycles. The fraction of sp³-hybridized carbons (Fsp3) is 0.600. The van der Waals surface area contributed by atoms with Crippen LogP contribution in [0.4, 0.5) is 13.2 Å². The van der Waals surface area contributed by atoms with Gasteiger partial charge < -0.3 is 19.7 Å². The Morgan fingerprint density at radius 2 is 2.05 bits per heavy atom. The van der Waals surface area contributed by atoms with E-state index in [0.29, 0.717) is 6.54 Å². The minimum atomic E-state index is -4.66. The first-order valence-electron chi connectivity index (χ1n) is 7.23. The molecule has 1 aromatic carbocycles. The zero-order valence-electron chi connectivity index (χ0n) is 12.7. The van der Waals surface area contributed by atoms with Crippen molar-refractivity contribution in [2.75, 3.05) is 33.3 Å². The molecule has 1 fully saturated rings. The van der Waals surface area contributed by atoms with E-state index in [1.807, 2.05) is 6.92 Å². The van der Waals surface area contributed by atoms with Crippen LogP contribution in [-0.2, 0) is 4.74 Å². The van der Waals surface area contributed by atoms with Crippen LogP contribution in [0.2, 0.25) is 0 Å². The summed E-state index contributed by atoms with van der Waals surface area (Å²) in [6, 6.07) is 5.94. The number of benzene rings is 1. The molecule has 0 bridgehead atoms. The van der Waals surface area contributed by atoms with Gasteiger partial charge in [-0.25, -0.2) is 0 Å². The van der Waals surface area contributed by atoms with Gasteiger partial charge in [-0.2, -0.15) is 0 Å². The monoisotopic (exact) mass is 318 g/mol. The first kappa shape index (κ1) is 17.1. The number of nitrogens with one attached hydrogen (secondary N) is 1. The van der Waals surface area contributed by atoms with E-state index in [4.69, 9.17) is 4.74 Å². The normalized spacial score (nSPS) is 21.6. The van der Waals surface area contributed by atoms with Gasteiger partial charge in [0.15, 0.2) is 0 Å². The lowest BCUT2D eigenvalue weighted by Crippen LogP contribution is -2.45. The molecule has 1 aliphatic rings. The van der Waals surface area contributed by atoms with Gasteiger partial charge in [0.2, 0.25) is 0 Å². The minimum absolute atomic E-state index is 0.0239. The lowest BCUT2D eigenvalue weighted by molar-refractivity contribution is -0.274. The smallest absolute Gasteiger partial charge is 0.406 e. The molecule has 1 saturated heterocycles. The SMILES string of the molecule is C[C@@H](NC[C@H]1CN(C)CCO1)c1ccc(OC(F)(F)F)cc1. The highest BCUT2D eigenvalue weighted by Gasteiger charge is 2.31. The van der Waals surface area contributed by atoms with Gasteiger partial charge in [-0.05, 0) is 31.7 Å². The van der Waals surface area contributed by atoms with Crippen molar-refractivity contribution < 1.29 is 22.6 Å². The molecule has 0 radical (unpaired) electrons. The Kier molecular flexibility index (Phi) is 5.66. The van der Waals surface area contributed by atoms with Gasteiger partial charge >= 0.3 is 6.36 Å². The molecule has 1 N–H and O–H groups in total. The Bertz CT molecular complexity index is 465. The third-order valence-electron chi connectivity index (χ3n) is 3.61. The maximum atomic E-state index is 12.1. The second-order valence-electron chi connectivity index (χ2n) is 5.50. The summed E-state index contributed by atoms with van der Waals surface area (Å²) >= 11 is 0. The highest BCUT2D eigenvalue weighted by atomic mass is 19.4. The van der Waals surface area contributed by atoms with E-state index in [1.54, 1.807) is 12.1 Å². The van der Waals surface area contributed by atoms with Crippen LogP contribution in [0.1, 0.15) is 18.5 Å². The highest BCUT2D eigenvalue weighted by molar-refractivity contribution is 5.29. The van der Waals surface area contributed by atoms with Gasteiger partial charge in [0, 0.05) is 25.7 Å². The third-order valence-corrected chi connectivity index (χ3v) is 3.61. The van der Waals surface area contributed by atoms with Gasteiger partial charge in [-0.1, -0.05) is 12.1 Å². The molecule has 1 aromatic rings. The molecule has 1 heterocycles. The van der Waals surface area contributed by atoms with Crippen LogP contribution < -0.4 is 10.1 Å². The standard InChI is InChI=1S/C15H21F3N2O2/c1-11(19-9-14-10-20(2)7-8-21-14)12-3-5-13(6-4-12)22-15(16,17)18/h3-6,11,14,19H,7-10H2,1-2H3/t11-,14+/m1/s1.